The first-order valence-corrected chi connectivity index (χ1v) is 7.67. The standard InChI is InChI=1S/C19H18O7/c1-23-16-7-3-13(4-8-16)18(21)25-11-15(20)12-26-19(22)14-5-9-17(24-2)10-6-14/h3-10H,11-12H2,1-2H3. The number of hydrogen-bond donors (Lipinski definition) is 0. The largest absolute Gasteiger partial charge is 0.497 e. The summed E-state index contributed by atoms with van der Waals surface area (Å²) >= 11 is 0. The molecule has 0 fully saturated rings. The lowest BCUT2D eigenvalue weighted by atomic mass is 10.2. The van der Waals surface area contributed by atoms with Gasteiger partial charge in [-0.3, -0.25) is 4.79 Å². The van der Waals surface area contributed by atoms with Gasteiger partial charge in [0.15, 0.2) is 13.2 Å². The third-order valence-corrected chi connectivity index (χ3v) is 3.38. The number of hydrogen-bond acceptors (Lipinski definition) is 7. The quantitative estimate of drug-likeness (QED) is 0.669. The van der Waals surface area contributed by atoms with Crippen LogP contribution in [0.25, 0.3) is 0 Å². The van der Waals surface area contributed by atoms with Gasteiger partial charge in [0.25, 0.3) is 0 Å². The molecule has 0 aliphatic heterocycles. The van der Waals surface area contributed by atoms with E-state index in [9.17, 15) is 14.4 Å². The Labute approximate surface area is 150 Å². The first-order valence-electron chi connectivity index (χ1n) is 7.67. The van der Waals surface area contributed by atoms with Gasteiger partial charge in [0.1, 0.15) is 11.5 Å². The summed E-state index contributed by atoms with van der Waals surface area (Å²) in [5, 5.41) is 0. The highest BCUT2D eigenvalue weighted by molar-refractivity contribution is 5.94. The molecular weight excluding hydrogens is 340 g/mol. The highest BCUT2D eigenvalue weighted by atomic mass is 16.6. The van der Waals surface area contributed by atoms with Gasteiger partial charge < -0.3 is 18.9 Å². The predicted molar refractivity (Wildman–Crippen MR) is 91.6 cm³/mol. The van der Waals surface area contributed by atoms with Crippen LogP contribution in [0.4, 0.5) is 0 Å². The number of carbonyl (C=O) groups is 3. The number of carbonyl (C=O) groups excluding carboxylic acids is 3. The lowest BCUT2D eigenvalue weighted by molar-refractivity contribution is -0.125. The molecule has 0 atom stereocenters. The number of ketones is 1. The third kappa shape index (κ3) is 5.34. The molecule has 0 amide bonds. The molecule has 0 aliphatic rings. The summed E-state index contributed by atoms with van der Waals surface area (Å²) in [6, 6.07) is 12.5. The van der Waals surface area contributed by atoms with Gasteiger partial charge in [-0.25, -0.2) is 9.59 Å². The van der Waals surface area contributed by atoms with Crippen LogP contribution in [-0.4, -0.2) is 45.2 Å². The van der Waals surface area contributed by atoms with Crippen LogP contribution in [0.15, 0.2) is 48.5 Å². The van der Waals surface area contributed by atoms with Crippen molar-refractivity contribution in [1.82, 2.24) is 0 Å². The van der Waals surface area contributed by atoms with Crippen molar-refractivity contribution in [3.63, 3.8) is 0 Å². The zero-order chi connectivity index (χ0) is 18.9. The molecule has 0 saturated heterocycles. The molecule has 0 unspecified atom stereocenters. The first-order chi connectivity index (χ1) is 12.5. The molecule has 26 heavy (non-hydrogen) atoms. The van der Waals surface area contributed by atoms with Crippen molar-refractivity contribution in [1.29, 1.82) is 0 Å². The van der Waals surface area contributed by atoms with Crippen molar-refractivity contribution in [2.24, 2.45) is 0 Å². The first kappa shape index (κ1) is 19.0. The van der Waals surface area contributed by atoms with Crippen molar-refractivity contribution in [2.45, 2.75) is 0 Å². The minimum Gasteiger partial charge on any atom is -0.497 e. The number of rotatable bonds is 8. The van der Waals surface area contributed by atoms with E-state index in [1.165, 1.54) is 38.5 Å². The van der Waals surface area contributed by atoms with Gasteiger partial charge in [-0.05, 0) is 48.5 Å². The molecule has 0 aromatic heterocycles. The number of esters is 2. The number of benzene rings is 2. The Balaban J connectivity index is 1.77. The van der Waals surface area contributed by atoms with E-state index in [0.717, 1.165) is 0 Å². The fourth-order valence-corrected chi connectivity index (χ4v) is 1.95. The zero-order valence-electron chi connectivity index (χ0n) is 14.4. The number of methoxy groups -OCH3 is 2. The third-order valence-electron chi connectivity index (χ3n) is 3.38. The van der Waals surface area contributed by atoms with Crippen molar-refractivity contribution in [3.8, 4) is 11.5 Å². The van der Waals surface area contributed by atoms with E-state index in [4.69, 9.17) is 18.9 Å². The predicted octanol–water partition coefficient (Wildman–Crippen LogP) is 2.29. The van der Waals surface area contributed by atoms with E-state index in [1.54, 1.807) is 24.3 Å². The molecule has 0 radical (unpaired) electrons. The fourth-order valence-electron chi connectivity index (χ4n) is 1.95. The van der Waals surface area contributed by atoms with Gasteiger partial charge in [-0.2, -0.15) is 0 Å². The molecule has 0 spiro atoms. The molecule has 0 saturated carbocycles. The number of Topliss-reactive ketones (excluding diaryl/α,β-unsaturated/α-hetero) is 1. The summed E-state index contributed by atoms with van der Waals surface area (Å²) < 4.78 is 19.8. The van der Waals surface area contributed by atoms with E-state index in [1.807, 2.05) is 0 Å². The Kier molecular flexibility index (Phi) is 6.73. The molecule has 7 nitrogen and oxygen atoms in total. The van der Waals surface area contributed by atoms with Gasteiger partial charge in [0, 0.05) is 0 Å². The zero-order valence-corrected chi connectivity index (χ0v) is 14.4. The molecule has 136 valence electrons. The molecule has 0 N–H and O–H groups in total. The van der Waals surface area contributed by atoms with Crippen LogP contribution in [0.1, 0.15) is 20.7 Å². The topological polar surface area (TPSA) is 88.1 Å². The molecule has 0 bridgehead atoms. The van der Waals surface area contributed by atoms with Gasteiger partial charge in [-0.1, -0.05) is 0 Å². The van der Waals surface area contributed by atoms with Crippen LogP contribution < -0.4 is 9.47 Å². The van der Waals surface area contributed by atoms with Gasteiger partial charge in [0.05, 0.1) is 25.3 Å². The fraction of sp³-hybridized carbons (Fsp3) is 0.211. The highest BCUT2D eigenvalue weighted by Crippen LogP contribution is 2.13. The molecule has 2 rings (SSSR count). The van der Waals surface area contributed by atoms with Crippen LogP contribution in [0, 0.1) is 0 Å². The van der Waals surface area contributed by atoms with E-state index in [-0.39, 0.29) is 11.1 Å². The monoisotopic (exact) mass is 358 g/mol. The number of ether oxygens (including phenoxy) is 4. The summed E-state index contributed by atoms with van der Waals surface area (Å²) in [5.74, 6) is -0.634. The average Bonchev–Trinajstić information content (AvgIpc) is 2.70. The smallest absolute Gasteiger partial charge is 0.338 e. The summed E-state index contributed by atoms with van der Waals surface area (Å²) in [5.41, 5.74) is 0.572. The summed E-state index contributed by atoms with van der Waals surface area (Å²) in [6.07, 6.45) is 0. The minimum absolute atomic E-state index is 0.286. The Morgan fingerprint density at radius 3 is 1.31 bits per heavy atom. The highest BCUT2D eigenvalue weighted by Gasteiger charge is 2.13. The Morgan fingerprint density at radius 2 is 1.00 bits per heavy atom. The maximum Gasteiger partial charge on any atom is 0.338 e. The van der Waals surface area contributed by atoms with E-state index in [2.05, 4.69) is 0 Å². The Bertz CT molecular complexity index is 698. The molecule has 2 aromatic rings. The summed E-state index contributed by atoms with van der Waals surface area (Å²) in [6.45, 7) is -0.971. The normalized spacial score (nSPS) is 9.92. The average molecular weight is 358 g/mol. The van der Waals surface area contributed by atoms with Crippen LogP contribution >= 0.6 is 0 Å². The lowest BCUT2D eigenvalue weighted by Gasteiger charge is -2.07. The van der Waals surface area contributed by atoms with E-state index >= 15 is 0 Å². The van der Waals surface area contributed by atoms with Crippen LogP contribution in [0.2, 0.25) is 0 Å². The SMILES string of the molecule is COc1ccc(C(=O)OCC(=O)COC(=O)c2ccc(OC)cc2)cc1. The van der Waals surface area contributed by atoms with Crippen molar-refractivity contribution in [2.75, 3.05) is 27.4 Å². The summed E-state index contributed by atoms with van der Waals surface area (Å²) in [7, 11) is 3.03. The Hall–Kier alpha value is -3.35. The molecule has 7 heteroatoms. The van der Waals surface area contributed by atoms with Crippen molar-refractivity contribution >= 4 is 17.7 Å². The van der Waals surface area contributed by atoms with Gasteiger partial charge in [0.2, 0.25) is 5.78 Å². The minimum atomic E-state index is -0.650. The molecular formula is C19H18O7. The second-order valence-corrected chi connectivity index (χ2v) is 5.15. The van der Waals surface area contributed by atoms with Crippen molar-refractivity contribution < 1.29 is 33.3 Å². The summed E-state index contributed by atoms with van der Waals surface area (Å²) in [4.78, 5) is 35.4. The Morgan fingerprint density at radius 1 is 0.654 bits per heavy atom. The molecule has 0 aliphatic carbocycles. The maximum absolute atomic E-state index is 11.8. The maximum atomic E-state index is 11.8. The van der Waals surface area contributed by atoms with Crippen LogP contribution in [0.3, 0.4) is 0 Å². The molecule has 2 aromatic carbocycles. The van der Waals surface area contributed by atoms with Gasteiger partial charge >= 0.3 is 11.9 Å². The van der Waals surface area contributed by atoms with E-state index in [0.29, 0.717) is 11.5 Å². The van der Waals surface area contributed by atoms with Crippen LogP contribution in [0.5, 0.6) is 11.5 Å². The van der Waals surface area contributed by atoms with E-state index < -0.39 is 30.9 Å². The second kappa shape index (κ2) is 9.22. The lowest BCUT2D eigenvalue weighted by Crippen LogP contribution is -2.20. The van der Waals surface area contributed by atoms with Crippen LogP contribution in [-0.2, 0) is 14.3 Å². The van der Waals surface area contributed by atoms with Crippen molar-refractivity contribution in [3.05, 3.63) is 59.7 Å². The van der Waals surface area contributed by atoms with Gasteiger partial charge in [-0.15, -0.1) is 0 Å². The second-order valence-electron chi connectivity index (χ2n) is 5.15. The molecule has 0 heterocycles.